The number of nitrogens with one attached hydrogen (secondary N) is 2. The van der Waals surface area contributed by atoms with Gasteiger partial charge in [-0.25, -0.2) is 4.79 Å². The van der Waals surface area contributed by atoms with Crippen LogP contribution < -0.4 is 10.6 Å². The second-order valence-electron chi connectivity index (χ2n) is 8.40. The van der Waals surface area contributed by atoms with Crippen LogP contribution in [0, 0.1) is 13.8 Å². The summed E-state index contributed by atoms with van der Waals surface area (Å²) in [5.41, 5.74) is 3.59. The zero-order chi connectivity index (χ0) is 22.8. The van der Waals surface area contributed by atoms with Gasteiger partial charge in [-0.2, -0.15) is 0 Å². The molecule has 2 aromatic carbocycles. The maximum Gasteiger partial charge on any atom is 0.327 e. The monoisotopic (exact) mass is 454 g/mol. The molecule has 2 aromatic rings. The third kappa shape index (κ3) is 4.49. The topological polar surface area (TPSA) is 81.8 Å². The van der Waals surface area contributed by atoms with Gasteiger partial charge in [0, 0.05) is 10.7 Å². The number of rotatable bonds is 5. The summed E-state index contributed by atoms with van der Waals surface area (Å²) in [5, 5.41) is 6.76. The molecular formula is C24H27ClN4O3. The Hall–Kier alpha value is -2.90. The molecule has 2 aliphatic rings. The lowest BCUT2D eigenvalue weighted by Gasteiger charge is -2.46. The molecule has 2 atom stereocenters. The zero-order valence-electron chi connectivity index (χ0n) is 18.2. The summed E-state index contributed by atoms with van der Waals surface area (Å²) in [6, 6.07) is 11.5. The van der Waals surface area contributed by atoms with Crippen molar-refractivity contribution >= 4 is 35.1 Å². The van der Waals surface area contributed by atoms with E-state index in [0.717, 1.165) is 28.8 Å². The van der Waals surface area contributed by atoms with Crippen LogP contribution >= 0.6 is 11.6 Å². The highest BCUT2D eigenvalue weighted by Crippen LogP contribution is 2.26. The van der Waals surface area contributed by atoms with E-state index in [-0.39, 0.29) is 30.9 Å². The Morgan fingerprint density at radius 1 is 1.16 bits per heavy atom. The molecule has 2 fully saturated rings. The average molecular weight is 455 g/mol. The molecule has 32 heavy (non-hydrogen) atoms. The van der Waals surface area contributed by atoms with E-state index < -0.39 is 12.1 Å². The summed E-state index contributed by atoms with van der Waals surface area (Å²) in [5.74, 6) is -0.530. The molecule has 7 nitrogen and oxygen atoms in total. The Morgan fingerprint density at radius 2 is 1.91 bits per heavy atom. The van der Waals surface area contributed by atoms with Crippen molar-refractivity contribution in [2.45, 2.75) is 45.3 Å². The predicted octanol–water partition coefficient (Wildman–Crippen LogP) is 3.48. The highest BCUT2D eigenvalue weighted by atomic mass is 35.5. The van der Waals surface area contributed by atoms with E-state index in [9.17, 15) is 14.4 Å². The normalized spacial score (nSPS) is 20.8. The van der Waals surface area contributed by atoms with E-state index in [1.165, 1.54) is 9.80 Å². The number of imide groups is 1. The Labute approximate surface area is 192 Å². The van der Waals surface area contributed by atoms with Crippen molar-refractivity contribution in [3.8, 4) is 0 Å². The number of carbonyl (C=O) groups is 3. The standard InChI is InChI=1S/C24H27ClN4O3/c1-15-5-3-6-19(16(15)2)27-21(30)14-28-20-7-4-12-26-22(20)23(31)29(24(28)32)13-17-8-10-18(25)11-9-17/h3,5-6,8-11,20,22,26H,4,7,12-14H2,1-2H3,(H,27,30). The van der Waals surface area contributed by atoms with Gasteiger partial charge in [-0.3, -0.25) is 14.5 Å². The molecule has 2 N–H and O–H groups in total. The number of halogens is 1. The maximum atomic E-state index is 13.4. The van der Waals surface area contributed by atoms with Crippen LogP contribution in [0.15, 0.2) is 42.5 Å². The summed E-state index contributed by atoms with van der Waals surface area (Å²) in [4.78, 5) is 42.2. The van der Waals surface area contributed by atoms with Gasteiger partial charge in [-0.05, 0) is 68.1 Å². The molecule has 0 aliphatic carbocycles. The van der Waals surface area contributed by atoms with Crippen LogP contribution in [0.3, 0.4) is 0 Å². The number of nitrogens with zero attached hydrogens (tertiary/aromatic N) is 2. The number of amides is 4. The molecule has 168 valence electrons. The van der Waals surface area contributed by atoms with Crippen molar-refractivity contribution in [3.05, 3.63) is 64.2 Å². The van der Waals surface area contributed by atoms with E-state index in [1.807, 2.05) is 32.0 Å². The fraction of sp³-hybridized carbons (Fsp3) is 0.375. The van der Waals surface area contributed by atoms with Crippen molar-refractivity contribution in [2.24, 2.45) is 0 Å². The third-order valence-electron chi connectivity index (χ3n) is 6.28. The molecule has 0 saturated carbocycles. The van der Waals surface area contributed by atoms with Gasteiger partial charge in [0.05, 0.1) is 12.6 Å². The number of hydrogen-bond donors (Lipinski definition) is 2. The van der Waals surface area contributed by atoms with Gasteiger partial charge in [-0.15, -0.1) is 0 Å². The van der Waals surface area contributed by atoms with Gasteiger partial charge in [-0.1, -0.05) is 35.9 Å². The number of aryl methyl sites for hydroxylation is 1. The first-order chi connectivity index (χ1) is 15.3. The van der Waals surface area contributed by atoms with Gasteiger partial charge < -0.3 is 15.5 Å². The molecule has 8 heteroatoms. The van der Waals surface area contributed by atoms with E-state index >= 15 is 0 Å². The van der Waals surface area contributed by atoms with Crippen molar-refractivity contribution in [1.29, 1.82) is 0 Å². The Balaban J connectivity index is 1.55. The van der Waals surface area contributed by atoms with Gasteiger partial charge in [0.15, 0.2) is 0 Å². The fourth-order valence-electron chi connectivity index (χ4n) is 4.35. The van der Waals surface area contributed by atoms with E-state index in [4.69, 9.17) is 11.6 Å². The summed E-state index contributed by atoms with van der Waals surface area (Å²) in [6.45, 7) is 4.66. The molecule has 4 rings (SSSR count). The minimum Gasteiger partial charge on any atom is -0.324 e. The minimum atomic E-state index is -0.512. The second-order valence-corrected chi connectivity index (χ2v) is 8.83. The van der Waals surface area contributed by atoms with Crippen molar-refractivity contribution in [3.63, 3.8) is 0 Å². The number of hydrogen-bond acceptors (Lipinski definition) is 4. The van der Waals surface area contributed by atoms with Gasteiger partial charge in [0.2, 0.25) is 11.8 Å². The highest BCUT2D eigenvalue weighted by molar-refractivity contribution is 6.30. The van der Waals surface area contributed by atoms with Gasteiger partial charge in [0.25, 0.3) is 0 Å². The maximum absolute atomic E-state index is 13.4. The molecule has 4 amide bonds. The largest absolute Gasteiger partial charge is 0.327 e. The second kappa shape index (κ2) is 9.30. The lowest BCUT2D eigenvalue weighted by Crippen LogP contribution is -2.70. The third-order valence-corrected chi connectivity index (χ3v) is 6.53. The summed E-state index contributed by atoms with van der Waals surface area (Å²) in [6.07, 6.45) is 1.52. The summed E-state index contributed by atoms with van der Waals surface area (Å²) in [7, 11) is 0. The zero-order valence-corrected chi connectivity index (χ0v) is 19.0. The van der Waals surface area contributed by atoms with E-state index in [1.54, 1.807) is 24.3 Å². The lowest BCUT2D eigenvalue weighted by atomic mass is 9.93. The average Bonchev–Trinajstić information content (AvgIpc) is 2.78. The Morgan fingerprint density at radius 3 is 2.66 bits per heavy atom. The summed E-state index contributed by atoms with van der Waals surface area (Å²) >= 11 is 5.96. The number of anilines is 1. The molecule has 2 aliphatic heterocycles. The van der Waals surface area contributed by atoms with Crippen LogP contribution in [0.1, 0.15) is 29.5 Å². The molecule has 0 spiro atoms. The van der Waals surface area contributed by atoms with Gasteiger partial charge >= 0.3 is 6.03 Å². The summed E-state index contributed by atoms with van der Waals surface area (Å²) < 4.78 is 0. The highest BCUT2D eigenvalue weighted by Gasteiger charge is 2.47. The smallest absolute Gasteiger partial charge is 0.324 e. The molecular weight excluding hydrogens is 428 g/mol. The quantitative estimate of drug-likeness (QED) is 0.724. The minimum absolute atomic E-state index is 0.112. The van der Waals surface area contributed by atoms with Crippen LogP contribution in [0.5, 0.6) is 0 Å². The number of fused-ring (bicyclic) bond motifs is 1. The molecule has 0 radical (unpaired) electrons. The molecule has 2 saturated heterocycles. The van der Waals surface area contributed by atoms with Crippen LogP contribution in [0.2, 0.25) is 5.02 Å². The molecule has 0 aromatic heterocycles. The first-order valence-corrected chi connectivity index (χ1v) is 11.2. The Kier molecular flexibility index (Phi) is 6.48. The molecule has 2 heterocycles. The first kappa shape index (κ1) is 22.3. The van der Waals surface area contributed by atoms with Crippen LogP contribution in [0.25, 0.3) is 0 Å². The van der Waals surface area contributed by atoms with Crippen LogP contribution in [0.4, 0.5) is 10.5 Å². The SMILES string of the molecule is Cc1cccc(NC(=O)CN2C(=O)N(Cc3ccc(Cl)cc3)C(=O)C3NCCCC32)c1C. The van der Waals surface area contributed by atoms with E-state index in [2.05, 4.69) is 10.6 Å². The number of benzene rings is 2. The fourth-order valence-corrected chi connectivity index (χ4v) is 4.48. The van der Waals surface area contributed by atoms with Crippen LogP contribution in [-0.2, 0) is 16.1 Å². The van der Waals surface area contributed by atoms with Crippen molar-refractivity contribution in [2.75, 3.05) is 18.4 Å². The Bertz CT molecular complexity index is 1040. The number of urea groups is 1. The van der Waals surface area contributed by atoms with Gasteiger partial charge in [0.1, 0.15) is 12.6 Å². The van der Waals surface area contributed by atoms with E-state index in [0.29, 0.717) is 18.0 Å². The van der Waals surface area contributed by atoms with Crippen molar-refractivity contribution in [1.82, 2.24) is 15.1 Å². The first-order valence-electron chi connectivity index (χ1n) is 10.8. The molecule has 2 unspecified atom stereocenters. The van der Waals surface area contributed by atoms with Crippen LogP contribution in [-0.4, -0.2) is 52.8 Å². The molecule has 0 bridgehead atoms. The number of carbonyl (C=O) groups excluding carboxylic acids is 3. The predicted molar refractivity (Wildman–Crippen MR) is 123 cm³/mol. The lowest BCUT2D eigenvalue weighted by molar-refractivity contribution is -0.138. The number of piperidine rings is 1. The van der Waals surface area contributed by atoms with Crippen molar-refractivity contribution < 1.29 is 14.4 Å².